The highest BCUT2D eigenvalue weighted by Gasteiger charge is 2.10. The van der Waals surface area contributed by atoms with Crippen molar-refractivity contribution in [3.63, 3.8) is 0 Å². The fourth-order valence-corrected chi connectivity index (χ4v) is 2.09. The van der Waals surface area contributed by atoms with Gasteiger partial charge in [0.1, 0.15) is 0 Å². The fourth-order valence-electron chi connectivity index (χ4n) is 1.47. The van der Waals surface area contributed by atoms with Crippen molar-refractivity contribution in [1.82, 2.24) is 9.38 Å². The van der Waals surface area contributed by atoms with Crippen molar-refractivity contribution in [2.75, 3.05) is 0 Å². The van der Waals surface area contributed by atoms with E-state index in [1.807, 2.05) is 0 Å². The number of hydrogen-bond acceptors (Lipinski definition) is 2. The molecule has 84 valence electrons. The maximum Gasteiger partial charge on any atom is 0.258 e. The van der Waals surface area contributed by atoms with Crippen molar-refractivity contribution in [1.29, 1.82) is 0 Å². The van der Waals surface area contributed by atoms with Gasteiger partial charge in [-0.15, -0.1) is 11.6 Å². The van der Waals surface area contributed by atoms with Gasteiger partial charge in [-0.05, 0) is 13.0 Å². The molecule has 0 saturated heterocycles. The zero-order valence-corrected chi connectivity index (χ0v) is 10.6. The van der Waals surface area contributed by atoms with Crippen LogP contribution in [0.3, 0.4) is 0 Å². The number of alkyl halides is 1. The molecule has 6 heteroatoms. The Morgan fingerprint density at radius 1 is 1.31 bits per heavy atom. The van der Waals surface area contributed by atoms with Crippen LogP contribution >= 0.6 is 34.8 Å². The van der Waals surface area contributed by atoms with E-state index in [1.165, 1.54) is 10.5 Å². The first-order chi connectivity index (χ1) is 7.54. The molecule has 0 aromatic carbocycles. The molecule has 0 atom stereocenters. The summed E-state index contributed by atoms with van der Waals surface area (Å²) in [7, 11) is 0. The predicted octanol–water partition coefficient (Wildman–Crippen LogP) is 3.05. The normalized spacial score (nSPS) is 11.0. The van der Waals surface area contributed by atoms with Gasteiger partial charge in [-0.2, -0.15) is 0 Å². The van der Waals surface area contributed by atoms with E-state index in [1.54, 1.807) is 13.0 Å². The average molecular weight is 278 g/mol. The number of fused-ring (bicyclic) bond motifs is 1. The standard InChI is InChI=1S/C10H7Cl3N2O/c1-5-7(12)3-8(13)10-14-6(4-11)2-9(16)15(5)10/h2-3H,4H2,1H3. The molecule has 0 N–H and O–H groups in total. The lowest BCUT2D eigenvalue weighted by molar-refractivity contribution is 0.968. The Balaban J connectivity index is 3.00. The molecular formula is C10H7Cl3N2O. The number of halogens is 3. The second-order valence-electron chi connectivity index (χ2n) is 3.30. The van der Waals surface area contributed by atoms with Crippen LogP contribution in [-0.2, 0) is 5.88 Å². The Bertz CT molecular complexity index is 621. The van der Waals surface area contributed by atoms with Gasteiger partial charge in [0.15, 0.2) is 5.65 Å². The molecule has 2 heterocycles. The molecule has 0 bridgehead atoms. The Labute approximate surface area is 107 Å². The summed E-state index contributed by atoms with van der Waals surface area (Å²) in [5, 5.41) is 0.764. The number of nitrogens with zero attached hydrogens (tertiary/aromatic N) is 2. The molecule has 2 aromatic rings. The van der Waals surface area contributed by atoms with Crippen LogP contribution in [0.25, 0.3) is 5.65 Å². The minimum atomic E-state index is -0.234. The molecule has 0 saturated carbocycles. The third-order valence-corrected chi connectivity index (χ3v) is 3.19. The predicted molar refractivity (Wildman–Crippen MR) is 65.8 cm³/mol. The summed E-state index contributed by atoms with van der Waals surface area (Å²) in [6.07, 6.45) is 0. The summed E-state index contributed by atoms with van der Waals surface area (Å²) in [6.45, 7) is 1.73. The van der Waals surface area contributed by atoms with Gasteiger partial charge in [-0.1, -0.05) is 23.2 Å². The lowest BCUT2D eigenvalue weighted by Crippen LogP contribution is -2.18. The molecule has 0 aliphatic heterocycles. The van der Waals surface area contributed by atoms with Crippen molar-refractivity contribution in [2.24, 2.45) is 0 Å². The third-order valence-electron chi connectivity index (χ3n) is 2.26. The minimum Gasteiger partial charge on any atom is -0.269 e. The van der Waals surface area contributed by atoms with E-state index in [-0.39, 0.29) is 11.4 Å². The van der Waals surface area contributed by atoms with E-state index in [2.05, 4.69) is 4.98 Å². The van der Waals surface area contributed by atoms with E-state index < -0.39 is 0 Å². The monoisotopic (exact) mass is 276 g/mol. The van der Waals surface area contributed by atoms with Crippen molar-refractivity contribution in [2.45, 2.75) is 12.8 Å². The van der Waals surface area contributed by atoms with Gasteiger partial charge in [-0.3, -0.25) is 9.20 Å². The molecular weight excluding hydrogens is 270 g/mol. The van der Waals surface area contributed by atoms with Crippen LogP contribution in [-0.4, -0.2) is 9.38 Å². The third kappa shape index (κ3) is 1.79. The first-order valence-corrected chi connectivity index (χ1v) is 5.77. The summed E-state index contributed by atoms with van der Waals surface area (Å²) in [6, 6.07) is 2.94. The summed E-state index contributed by atoms with van der Waals surface area (Å²) < 4.78 is 1.38. The first-order valence-electron chi connectivity index (χ1n) is 4.48. The Hall–Kier alpha value is -0.770. The Kier molecular flexibility index (Phi) is 3.10. The highest BCUT2D eigenvalue weighted by atomic mass is 35.5. The molecule has 2 aromatic heterocycles. The van der Waals surface area contributed by atoms with E-state index in [0.29, 0.717) is 27.1 Å². The molecule has 16 heavy (non-hydrogen) atoms. The van der Waals surface area contributed by atoms with Crippen LogP contribution in [0.5, 0.6) is 0 Å². The summed E-state index contributed by atoms with van der Waals surface area (Å²) >= 11 is 17.6. The highest BCUT2D eigenvalue weighted by Crippen LogP contribution is 2.23. The van der Waals surface area contributed by atoms with Crippen molar-refractivity contribution >= 4 is 40.4 Å². The summed E-state index contributed by atoms with van der Waals surface area (Å²) in [5.74, 6) is 0.170. The van der Waals surface area contributed by atoms with Gasteiger partial charge < -0.3 is 0 Å². The maximum atomic E-state index is 11.8. The maximum absolute atomic E-state index is 11.8. The molecule has 0 unspecified atom stereocenters. The van der Waals surface area contributed by atoms with Crippen LogP contribution < -0.4 is 5.56 Å². The SMILES string of the molecule is Cc1c(Cl)cc(Cl)c2nc(CCl)cc(=O)n12. The zero-order valence-electron chi connectivity index (χ0n) is 8.30. The molecule has 0 spiro atoms. The Morgan fingerprint density at radius 3 is 2.62 bits per heavy atom. The lowest BCUT2D eigenvalue weighted by atomic mass is 10.3. The van der Waals surface area contributed by atoms with Gasteiger partial charge >= 0.3 is 0 Å². The Morgan fingerprint density at radius 2 is 2.00 bits per heavy atom. The van der Waals surface area contributed by atoms with Gasteiger partial charge in [-0.25, -0.2) is 4.98 Å². The quantitative estimate of drug-likeness (QED) is 0.751. The number of pyridine rings is 1. The van der Waals surface area contributed by atoms with Crippen LogP contribution in [0, 0.1) is 6.92 Å². The summed E-state index contributed by atoms with van der Waals surface area (Å²) in [4.78, 5) is 16.0. The van der Waals surface area contributed by atoms with Crippen molar-refractivity contribution in [3.8, 4) is 0 Å². The number of rotatable bonds is 1. The second kappa shape index (κ2) is 4.24. The minimum absolute atomic E-state index is 0.170. The van der Waals surface area contributed by atoms with E-state index in [9.17, 15) is 4.79 Å². The average Bonchev–Trinajstić information content (AvgIpc) is 2.25. The van der Waals surface area contributed by atoms with Crippen LogP contribution in [0.4, 0.5) is 0 Å². The molecule has 0 radical (unpaired) electrons. The fraction of sp³-hybridized carbons (Fsp3) is 0.200. The van der Waals surface area contributed by atoms with Gasteiger partial charge in [0.25, 0.3) is 5.56 Å². The first kappa shape index (κ1) is 11.7. The largest absolute Gasteiger partial charge is 0.269 e. The van der Waals surface area contributed by atoms with Gasteiger partial charge in [0, 0.05) is 11.8 Å². The van der Waals surface area contributed by atoms with Gasteiger partial charge in [0.05, 0.1) is 21.6 Å². The lowest BCUT2D eigenvalue weighted by Gasteiger charge is -2.08. The molecule has 0 aliphatic carbocycles. The van der Waals surface area contributed by atoms with Crippen LogP contribution in [0.2, 0.25) is 10.0 Å². The molecule has 2 rings (SSSR count). The number of aryl methyl sites for hydroxylation is 1. The molecule has 0 aliphatic rings. The topological polar surface area (TPSA) is 34.4 Å². The number of aromatic nitrogens is 2. The summed E-state index contributed by atoms with van der Waals surface area (Å²) in [5.41, 5.74) is 1.25. The van der Waals surface area contributed by atoms with Crippen molar-refractivity contribution in [3.05, 3.63) is 43.9 Å². The number of hydrogen-bond donors (Lipinski definition) is 0. The van der Waals surface area contributed by atoms with Crippen LogP contribution in [0.1, 0.15) is 11.4 Å². The van der Waals surface area contributed by atoms with Gasteiger partial charge in [0.2, 0.25) is 0 Å². The van der Waals surface area contributed by atoms with Crippen LogP contribution in [0.15, 0.2) is 16.9 Å². The smallest absolute Gasteiger partial charge is 0.258 e. The van der Waals surface area contributed by atoms with Crippen molar-refractivity contribution < 1.29 is 0 Å². The highest BCUT2D eigenvalue weighted by molar-refractivity contribution is 6.36. The molecule has 3 nitrogen and oxygen atoms in total. The zero-order chi connectivity index (χ0) is 11.9. The van der Waals surface area contributed by atoms with E-state index in [0.717, 1.165) is 0 Å². The van der Waals surface area contributed by atoms with E-state index in [4.69, 9.17) is 34.8 Å². The van der Waals surface area contributed by atoms with E-state index >= 15 is 0 Å². The molecule has 0 amide bonds. The second-order valence-corrected chi connectivity index (χ2v) is 4.39. The molecule has 0 fully saturated rings.